The lowest BCUT2D eigenvalue weighted by Gasteiger charge is -2.35. The molecule has 27 heavy (non-hydrogen) atoms. The number of aromatic nitrogens is 2. The van der Waals surface area contributed by atoms with Gasteiger partial charge >= 0.3 is 0 Å². The van der Waals surface area contributed by atoms with E-state index in [2.05, 4.69) is 65.5 Å². The molecule has 1 fully saturated rings. The molecule has 0 bridgehead atoms. The minimum atomic E-state index is 0.223. The molecule has 2 aromatic rings. The summed E-state index contributed by atoms with van der Waals surface area (Å²) in [6, 6.07) is 8.80. The van der Waals surface area contributed by atoms with Crippen molar-refractivity contribution in [2.75, 3.05) is 17.6 Å². The molecule has 7 heteroatoms. The van der Waals surface area contributed by atoms with Crippen LogP contribution in [0.1, 0.15) is 57.9 Å². The number of carbonyl (C=O) groups is 1. The third-order valence-corrected chi connectivity index (χ3v) is 6.93. The zero-order valence-electron chi connectivity index (χ0n) is 16.3. The maximum absolute atomic E-state index is 12.6. The molecule has 0 aliphatic carbocycles. The smallest absolute Gasteiger partial charge is 0.233 e. The Balaban J connectivity index is 1.52. The number of likely N-dealkylation sites (tertiary alicyclic amines) is 1. The van der Waals surface area contributed by atoms with Gasteiger partial charge in [-0.3, -0.25) is 4.79 Å². The summed E-state index contributed by atoms with van der Waals surface area (Å²) in [4.78, 5) is 14.6. The van der Waals surface area contributed by atoms with Gasteiger partial charge in [0.15, 0.2) is 4.34 Å². The van der Waals surface area contributed by atoms with Crippen LogP contribution in [0.2, 0.25) is 0 Å². The summed E-state index contributed by atoms with van der Waals surface area (Å²) in [5.41, 5.74) is 2.32. The van der Waals surface area contributed by atoms with E-state index in [1.54, 1.807) is 0 Å². The van der Waals surface area contributed by atoms with Gasteiger partial charge in [0, 0.05) is 18.3 Å². The normalized spacial score (nSPS) is 17.3. The number of benzene rings is 1. The van der Waals surface area contributed by atoms with Crippen molar-refractivity contribution in [1.82, 2.24) is 15.1 Å². The van der Waals surface area contributed by atoms with Gasteiger partial charge in [0.2, 0.25) is 11.0 Å². The summed E-state index contributed by atoms with van der Waals surface area (Å²) >= 11 is 2.98. The average molecular weight is 405 g/mol. The highest BCUT2D eigenvalue weighted by atomic mass is 32.2. The first-order valence-electron chi connectivity index (χ1n) is 9.69. The molecular formula is C20H28N4OS2. The SMILES string of the molecule is CC[C@@H]1CCCCN1C(=O)CSc1nnc(Nc2ccc(C(C)C)cc2)s1. The molecule has 0 radical (unpaired) electrons. The Morgan fingerprint density at radius 3 is 2.78 bits per heavy atom. The fourth-order valence-electron chi connectivity index (χ4n) is 3.35. The Labute approximate surface area is 170 Å². The predicted molar refractivity (Wildman–Crippen MR) is 114 cm³/mol. The van der Waals surface area contributed by atoms with Gasteiger partial charge in [-0.15, -0.1) is 10.2 Å². The summed E-state index contributed by atoms with van der Waals surface area (Å²) in [7, 11) is 0. The van der Waals surface area contributed by atoms with Crippen molar-refractivity contribution in [1.29, 1.82) is 0 Å². The van der Waals surface area contributed by atoms with Gasteiger partial charge in [0.05, 0.1) is 5.75 Å². The number of rotatable bonds is 7. The Hall–Kier alpha value is -1.60. The molecule has 5 nitrogen and oxygen atoms in total. The molecule has 1 N–H and O–H groups in total. The molecule has 1 aliphatic heterocycles. The summed E-state index contributed by atoms with van der Waals surface area (Å²) in [6.45, 7) is 7.43. The van der Waals surface area contributed by atoms with E-state index in [0.29, 0.717) is 17.7 Å². The van der Waals surface area contributed by atoms with Crippen LogP contribution in [0.5, 0.6) is 0 Å². The molecular weight excluding hydrogens is 376 g/mol. The van der Waals surface area contributed by atoms with Crippen LogP contribution in [-0.4, -0.2) is 39.3 Å². The van der Waals surface area contributed by atoms with Crippen molar-refractivity contribution < 1.29 is 4.79 Å². The number of nitrogens with zero attached hydrogens (tertiary/aromatic N) is 3. The van der Waals surface area contributed by atoms with Crippen LogP contribution in [0.25, 0.3) is 0 Å². The lowest BCUT2D eigenvalue weighted by atomic mass is 10.0. The van der Waals surface area contributed by atoms with Gasteiger partial charge in [-0.1, -0.05) is 56.0 Å². The van der Waals surface area contributed by atoms with Crippen LogP contribution in [0.4, 0.5) is 10.8 Å². The van der Waals surface area contributed by atoms with Crippen molar-refractivity contribution in [3.63, 3.8) is 0 Å². The van der Waals surface area contributed by atoms with Crippen LogP contribution >= 0.6 is 23.1 Å². The minimum Gasteiger partial charge on any atom is -0.339 e. The first-order chi connectivity index (χ1) is 13.1. The van der Waals surface area contributed by atoms with E-state index < -0.39 is 0 Å². The molecule has 3 rings (SSSR count). The van der Waals surface area contributed by atoms with Crippen molar-refractivity contribution >= 4 is 39.8 Å². The van der Waals surface area contributed by atoms with Gasteiger partial charge in [0.25, 0.3) is 0 Å². The predicted octanol–water partition coefficient (Wildman–Crippen LogP) is 5.29. The number of anilines is 2. The maximum Gasteiger partial charge on any atom is 0.233 e. The first kappa shape index (κ1) is 20.1. The molecule has 2 heterocycles. The van der Waals surface area contributed by atoms with Crippen LogP contribution < -0.4 is 5.32 Å². The molecule has 146 valence electrons. The summed E-state index contributed by atoms with van der Waals surface area (Å²) < 4.78 is 0.828. The highest BCUT2D eigenvalue weighted by molar-refractivity contribution is 8.01. The van der Waals surface area contributed by atoms with Gasteiger partial charge in [-0.2, -0.15) is 0 Å². The summed E-state index contributed by atoms with van der Waals surface area (Å²) in [5.74, 6) is 1.18. The Kier molecular flexibility index (Phi) is 7.13. The second-order valence-corrected chi connectivity index (χ2v) is 9.41. The van der Waals surface area contributed by atoms with Gasteiger partial charge < -0.3 is 10.2 Å². The number of carbonyl (C=O) groups excluding carboxylic acids is 1. The largest absolute Gasteiger partial charge is 0.339 e. The van der Waals surface area contributed by atoms with Crippen LogP contribution in [0.15, 0.2) is 28.6 Å². The zero-order chi connectivity index (χ0) is 19.2. The van der Waals surface area contributed by atoms with E-state index in [1.165, 1.54) is 35.1 Å². The topological polar surface area (TPSA) is 58.1 Å². The fourth-order valence-corrected chi connectivity index (χ4v) is 5.01. The molecule has 1 amide bonds. The molecule has 1 aromatic heterocycles. The highest BCUT2D eigenvalue weighted by Crippen LogP contribution is 2.29. The molecule has 0 unspecified atom stereocenters. The minimum absolute atomic E-state index is 0.223. The van der Waals surface area contributed by atoms with Crippen molar-refractivity contribution in [3.05, 3.63) is 29.8 Å². The number of thioether (sulfide) groups is 1. The lowest BCUT2D eigenvalue weighted by Crippen LogP contribution is -2.44. The maximum atomic E-state index is 12.6. The van der Waals surface area contributed by atoms with E-state index in [1.807, 2.05) is 0 Å². The van der Waals surface area contributed by atoms with E-state index in [-0.39, 0.29) is 5.91 Å². The van der Waals surface area contributed by atoms with Gasteiger partial charge in [0.1, 0.15) is 0 Å². The molecule has 0 spiro atoms. The van der Waals surface area contributed by atoms with E-state index in [0.717, 1.165) is 41.0 Å². The van der Waals surface area contributed by atoms with Crippen LogP contribution in [-0.2, 0) is 4.79 Å². The fraction of sp³-hybridized carbons (Fsp3) is 0.550. The monoisotopic (exact) mass is 404 g/mol. The molecule has 1 saturated heterocycles. The number of piperidine rings is 1. The molecule has 0 saturated carbocycles. The summed E-state index contributed by atoms with van der Waals surface area (Å²) in [6.07, 6.45) is 4.53. The second kappa shape index (κ2) is 9.55. The van der Waals surface area contributed by atoms with Crippen molar-refractivity contribution in [2.45, 2.75) is 62.8 Å². The highest BCUT2D eigenvalue weighted by Gasteiger charge is 2.25. The van der Waals surface area contributed by atoms with Gasteiger partial charge in [-0.25, -0.2) is 0 Å². The van der Waals surface area contributed by atoms with Crippen molar-refractivity contribution in [2.24, 2.45) is 0 Å². The Morgan fingerprint density at radius 2 is 2.07 bits per heavy atom. The standard InChI is InChI=1S/C20H28N4OS2/c1-4-17-7-5-6-12-24(17)18(25)13-26-20-23-22-19(27-20)21-16-10-8-15(9-11-16)14(2)3/h8-11,14,17H,4-7,12-13H2,1-3H3,(H,21,22)/t17-/m1/s1. The quantitative estimate of drug-likeness (QED) is 0.636. The van der Waals surface area contributed by atoms with Crippen LogP contribution in [0.3, 0.4) is 0 Å². The third-order valence-electron chi connectivity index (χ3n) is 4.97. The van der Waals surface area contributed by atoms with Crippen molar-refractivity contribution in [3.8, 4) is 0 Å². The lowest BCUT2D eigenvalue weighted by molar-refractivity contribution is -0.132. The van der Waals surface area contributed by atoms with E-state index in [4.69, 9.17) is 0 Å². The third kappa shape index (κ3) is 5.45. The first-order valence-corrected chi connectivity index (χ1v) is 11.5. The van der Waals surface area contributed by atoms with E-state index in [9.17, 15) is 4.79 Å². The number of amides is 1. The van der Waals surface area contributed by atoms with Crippen LogP contribution in [0, 0.1) is 0 Å². The number of nitrogens with one attached hydrogen (secondary N) is 1. The number of hydrogen-bond donors (Lipinski definition) is 1. The molecule has 1 aromatic carbocycles. The molecule has 1 atom stereocenters. The zero-order valence-corrected chi connectivity index (χ0v) is 17.9. The second-order valence-electron chi connectivity index (χ2n) is 7.21. The Bertz CT molecular complexity index is 745. The Morgan fingerprint density at radius 1 is 1.30 bits per heavy atom. The number of hydrogen-bond acceptors (Lipinski definition) is 6. The molecule has 1 aliphatic rings. The average Bonchev–Trinajstić information content (AvgIpc) is 3.13. The van der Waals surface area contributed by atoms with Gasteiger partial charge in [-0.05, 0) is 49.3 Å². The van der Waals surface area contributed by atoms with E-state index >= 15 is 0 Å². The summed E-state index contributed by atoms with van der Waals surface area (Å²) in [5, 5.41) is 12.5.